The lowest BCUT2D eigenvalue weighted by molar-refractivity contribution is -0.0353. The Morgan fingerprint density at radius 3 is 1.73 bits per heavy atom. The smallest absolute Gasteiger partial charge is 0.431 e. The van der Waals surface area contributed by atoms with Crippen molar-refractivity contribution in [3.8, 4) is 12.3 Å². The van der Waals surface area contributed by atoms with Gasteiger partial charge in [0.05, 0.1) is 66.1 Å². The standard InChI is InChI=1S/C20H38N2O8/c1-5-8-24-11-12-25-9-6-21-7-10-26-13-14-27-15-16-28-17-18-29-22-19(23)30-20(2,3)4/h1,21H,6-18H2,2-4H3,(H,22,23). The Balaban J connectivity index is 3.12. The lowest BCUT2D eigenvalue weighted by atomic mass is 10.2. The van der Waals surface area contributed by atoms with Gasteiger partial charge in [-0.25, -0.2) is 4.79 Å². The van der Waals surface area contributed by atoms with E-state index in [1.807, 2.05) is 0 Å². The average Bonchev–Trinajstić information content (AvgIpc) is 2.68. The molecule has 0 saturated carbocycles. The molecule has 30 heavy (non-hydrogen) atoms. The van der Waals surface area contributed by atoms with E-state index in [9.17, 15) is 4.79 Å². The monoisotopic (exact) mass is 434 g/mol. The molecular formula is C20H38N2O8. The van der Waals surface area contributed by atoms with Crippen LogP contribution >= 0.6 is 0 Å². The third-order valence-electron chi connectivity index (χ3n) is 3.03. The fraction of sp³-hybridized carbons (Fsp3) is 0.850. The lowest BCUT2D eigenvalue weighted by Crippen LogP contribution is -2.33. The van der Waals surface area contributed by atoms with Gasteiger partial charge in [-0.15, -0.1) is 6.42 Å². The molecule has 0 atom stereocenters. The molecule has 0 aromatic rings. The van der Waals surface area contributed by atoms with Gasteiger partial charge < -0.3 is 33.7 Å². The molecule has 176 valence electrons. The zero-order chi connectivity index (χ0) is 22.3. The highest BCUT2D eigenvalue weighted by Crippen LogP contribution is 2.06. The minimum Gasteiger partial charge on any atom is -0.442 e. The van der Waals surface area contributed by atoms with E-state index in [2.05, 4.69) is 16.7 Å². The molecule has 10 heteroatoms. The predicted molar refractivity (Wildman–Crippen MR) is 111 cm³/mol. The van der Waals surface area contributed by atoms with Crippen molar-refractivity contribution in [2.75, 3.05) is 85.8 Å². The first kappa shape index (κ1) is 28.5. The molecule has 10 nitrogen and oxygen atoms in total. The van der Waals surface area contributed by atoms with Crippen LogP contribution in [0.4, 0.5) is 4.79 Å². The molecule has 0 spiro atoms. The molecule has 1 amide bonds. The zero-order valence-corrected chi connectivity index (χ0v) is 18.5. The van der Waals surface area contributed by atoms with Crippen LogP contribution in [-0.2, 0) is 33.3 Å². The summed E-state index contributed by atoms with van der Waals surface area (Å²) >= 11 is 0. The highest BCUT2D eigenvalue weighted by atomic mass is 16.7. The maximum Gasteiger partial charge on any atom is 0.431 e. The van der Waals surface area contributed by atoms with E-state index < -0.39 is 11.7 Å². The summed E-state index contributed by atoms with van der Waals surface area (Å²) in [6.07, 6.45) is 4.43. The number of carbonyl (C=O) groups is 1. The van der Waals surface area contributed by atoms with Gasteiger partial charge in [0.15, 0.2) is 0 Å². The van der Waals surface area contributed by atoms with E-state index in [4.69, 9.17) is 39.7 Å². The molecule has 0 aliphatic rings. The minimum atomic E-state index is -0.628. The van der Waals surface area contributed by atoms with Crippen molar-refractivity contribution in [3.05, 3.63) is 0 Å². The van der Waals surface area contributed by atoms with Gasteiger partial charge in [0.1, 0.15) is 12.2 Å². The molecule has 0 rings (SSSR count). The first-order chi connectivity index (χ1) is 14.5. The van der Waals surface area contributed by atoms with Crippen LogP contribution in [-0.4, -0.2) is 97.5 Å². The molecule has 0 bridgehead atoms. The Morgan fingerprint density at radius 2 is 1.23 bits per heavy atom. The number of hydroxylamine groups is 1. The SMILES string of the molecule is C#CCOCCOCCNCCOCCOCCOCCONC(=O)OC(C)(C)C. The van der Waals surface area contributed by atoms with Crippen LogP contribution < -0.4 is 10.8 Å². The van der Waals surface area contributed by atoms with Crippen LogP contribution in [0.1, 0.15) is 20.8 Å². The van der Waals surface area contributed by atoms with Gasteiger partial charge in [0.2, 0.25) is 0 Å². The normalized spacial score (nSPS) is 11.3. The molecule has 0 aliphatic heterocycles. The molecule has 0 aromatic carbocycles. The van der Waals surface area contributed by atoms with Crippen molar-refractivity contribution >= 4 is 6.09 Å². The summed E-state index contributed by atoms with van der Waals surface area (Å²) in [7, 11) is 0. The molecule has 0 saturated heterocycles. The summed E-state index contributed by atoms with van der Waals surface area (Å²) in [5.41, 5.74) is 1.63. The van der Waals surface area contributed by atoms with E-state index in [0.717, 1.165) is 13.1 Å². The number of carbonyl (C=O) groups excluding carboxylic acids is 1. The fourth-order valence-corrected chi connectivity index (χ4v) is 1.82. The Kier molecular flexibility index (Phi) is 19.8. The molecule has 0 fully saturated rings. The van der Waals surface area contributed by atoms with Crippen LogP contribution in [0.5, 0.6) is 0 Å². The maximum absolute atomic E-state index is 11.3. The van der Waals surface area contributed by atoms with Gasteiger partial charge in [0.25, 0.3) is 0 Å². The van der Waals surface area contributed by atoms with Gasteiger partial charge in [-0.2, -0.15) is 5.48 Å². The Morgan fingerprint density at radius 1 is 0.767 bits per heavy atom. The van der Waals surface area contributed by atoms with E-state index in [1.165, 1.54) is 0 Å². The molecule has 0 radical (unpaired) electrons. The van der Waals surface area contributed by atoms with Crippen molar-refractivity contribution in [2.24, 2.45) is 0 Å². The maximum atomic E-state index is 11.3. The fourth-order valence-electron chi connectivity index (χ4n) is 1.82. The topological polar surface area (TPSA) is 106 Å². The number of rotatable bonds is 20. The largest absolute Gasteiger partial charge is 0.442 e. The number of amides is 1. The molecule has 0 aromatic heterocycles. The van der Waals surface area contributed by atoms with Gasteiger partial charge in [-0.1, -0.05) is 5.92 Å². The van der Waals surface area contributed by atoms with Gasteiger partial charge in [-0.3, -0.25) is 4.84 Å². The highest BCUT2D eigenvalue weighted by Gasteiger charge is 2.15. The summed E-state index contributed by atoms with van der Waals surface area (Å²) in [6, 6.07) is 0. The lowest BCUT2D eigenvalue weighted by Gasteiger charge is -2.19. The summed E-state index contributed by atoms with van der Waals surface area (Å²) in [5, 5.41) is 3.21. The van der Waals surface area contributed by atoms with Crippen molar-refractivity contribution < 1.29 is 38.1 Å². The van der Waals surface area contributed by atoms with Gasteiger partial charge in [-0.05, 0) is 20.8 Å². The van der Waals surface area contributed by atoms with Crippen molar-refractivity contribution in [1.29, 1.82) is 0 Å². The van der Waals surface area contributed by atoms with E-state index in [1.54, 1.807) is 20.8 Å². The van der Waals surface area contributed by atoms with Gasteiger partial charge >= 0.3 is 6.09 Å². The molecular weight excluding hydrogens is 396 g/mol. The van der Waals surface area contributed by atoms with E-state index in [0.29, 0.717) is 66.1 Å². The minimum absolute atomic E-state index is 0.222. The second-order valence-electron chi connectivity index (χ2n) is 6.91. The van der Waals surface area contributed by atoms with Crippen molar-refractivity contribution in [1.82, 2.24) is 10.8 Å². The van der Waals surface area contributed by atoms with Crippen LogP contribution in [0.25, 0.3) is 0 Å². The first-order valence-electron chi connectivity index (χ1n) is 10.1. The number of nitrogens with one attached hydrogen (secondary N) is 2. The molecule has 0 aliphatic carbocycles. The van der Waals surface area contributed by atoms with Gasteiger partial charge in [0, 0.05) is 13.1 Å². The molecule has 0 heterocycles. The summed E-state index contributed by atoms with van der Waals surface area (Å²) in [6.45, 7) is 11.9. The van der Waals surface area contributed by atoms with Crippen molar-refractivity contribution in [3.63, 3.8) is 0 Å². The van der Waals surface area contributed by atoms with Crippen molar-refractivity contribution in [2.45, 2.75) is 26.4 Å². The Bertz CT molecular complexity index is 438. The summed E-state index contributed by atoms with van der Waals surface area (Å²) in [5.74, 6) is 2.40. The van der Waals surface area contributed by atoms with E-state index >= 15 is 0 Å². The predicted octanol–water partition coefficient (Wildman–Crippen LogP) is 0.749. The third-order valence-corrected chi connectivity index (χ3v) is 3.03. The second-order valence-corrected chi connectivity index (χ2v) is 6.91. The second kappa shape index (κ2) is 20.8. The summed E-state index contributed by atoms with van der Waals surface area (Å²) in [4.78, 5) is 16.2. The quantitative estimate of drug-likeness (QED) is 0.163. The highest BCUT2D eigenvalue weighted by molar-refractivity contribution is 5.66. The average molecular weight is 435 g/mol. The van der Waals surface area contributed by atoms with E-state index in [-0.39, 0.29) is 6.61 Å². The first-order valence-corrected chi connectivity index (χ1v) is 10.1. The Labute approximate surface area is 180 Å². The summed E-state index contributed by atoms with van der Waals surface area (Å²) < 4.78 is 31.6. The molecule has 2 N–H and O–H groups in total. The number of ether oxygens (including phenoxy) is 6. The van der Waals surface area contributed by atoms with Crippen LogP contribution in [0.3, 0.4) is 0 Å². The number of hydrogen-bond acceptors (Lipinski definition) is 9. The third kappa shape index (κ3) is 24.6. The van der Waals surface area contributed by atoms with Crippen LogP contribution in [0.2, 0.25) is 0 Å². The van der Waals surface area contributed by atoms with Crippen LogP contribution in [0, 0.1) is 12.3 Å². The molecule has 0 unspecified atom stereocenters. The number of hydrogen-bond donors (Lipinski definition) is 2. The zero-order valence-electron chi connectivity index (χ0n) is 18.5. The number of terminal acetylenes is 1. The van der Waals surface area contributed by atoms with Crippen LogP contribution in [0.15, 0.2) is 0 Å². The Hall–Kier alpha value is -1.45.